The van der Waals surface area contributed by atoms with Crippen molar-refractivity contribution in [3.05, 3.63) is 139 Å². The van der Waals surface area contributed by atoms with Crippen molar-refractivity contribution >= 4 is 45.6 Å². The van der Waals surface area contributed by atoms with Gasteiger partial charge in [-0.2, -0.15) is 19.6 Å². The Bertz CT molecular complexity index is 3380. The molecule has 78 heavy (non-hydrogen) atoms. The van der Waals surface area contributed by atoms with Crippen LogP contribution in [0.15, 0.2) is 103 Å². The van der Waals surface area contributed by atoms with Crippen molar-refractivity contribution < 1.29 is 14.2 Å². The smallest absolute Gasteiger partial charge is 0.278 e. The maximum absolute atomic E-state index is 13.9. The maximum atomic E-state index is 13.9. The first-order chi connectivity index (χ1) is 37.6. The van der Waals surface area contributed by atoms with E-state index in [1.807, 2.05) is 70.2 Å². The summed E-state index contributed by atoms with van der Waals surface area (Å²) in [4.78, 5) is 51.8. The fourth-order valence-corrected chi connectivity index (χ4v) is 9.57. The molecule has 2 aliphatic heterocycles. The molecule has 2 aromatic heterocycles. The number of methoxy groups -OCH3 is 1. The molecule has 0 saturated heterocycles. The number of likely N-dealkylation sites (N-methyl/N-ethyl adjacent to an activating group) is 1. The molecule has 0 spiro atoms. The molecule has 412 valence electrons. The first-order valence-electron chi connectivity index (χ1n) is 27.9. The summed E-state index contributed by atoms with van der Waals surface area (Å²) in [6.07, 6.45) is 5.38. The molecule has 0 amide bonds. The number of hydrogen-bond donors (Lipinski definition) is 0. The number of rotatable bonds is 22. The van der Waals surface area contributed by atoms with E-state index in [2.05, 4.69) is 113 Å². The van der Waals surface area contributed by atoms with Crippen LogP contribution < -0.4 is 30.4 Å². The van der Waals surface area contributed by atoms with E-state index in [0.717, 1.165) is 114 Å². The van der Waals surface area contributed by atoms with Gasteiger partial charge in [0.15, 0.2) is 11.6 Å². The van der Waals surface area contributed by atoms with E-state index >= 15 is 0 Å². The van der Waals surface area contributed by atoms with Crippen molar-refractivity contribution in [2.45, 2.75) is 129 Å². The van der Waals surface area contributed by atoms with Crippen molar-refractivity contribution in [3.63, 3.8) is 0 Å². The monoisotopic (exact) mass is 1060 g/mol. The molecule has 0 bridgehead atoms. The number of aryl methyl sites for hydroxylation is 3. The van der Waals surface area contributed by atoms with Gasteiger partial charge in [-0.25, -0.2) is 20.0 Å². The van der Waals surface area contributed by atoms with Gasteiger partial charge in [-0.15, -0.1) is 0 Å². The Morgan fingerprint density at radius 1 is 0.551 bits per heavy atom. The summed E-state index contributed by atoms with van der Waals surface area (Å²) in [7, 11) is 1.72. The van der Waals surface area contributed by atoms with Crippen molar-refractivity contribution in [2.24, 2.45) is 20.2 Å². The van der Waals surface area contributed by atoms with Gasteiger partial charge in [-0.3, -0.25) is 9.59 Å². The Morgan fingerprint density at radius 3 is 1.67 bits per heavy atom. The Morgan fingerprint density at radius 2 is 1.12 bits per heavy atom. The molecule has 15 nitrogen and oxygen atoms in total. The predicted molar refractivity (Wildman–Crippen MR) is 322 cm³/mol. The topological polar surface area (TPSA) is 153 Å². The van der Waals surface area contributed by atoms with Gasteiger partial charge >= 0.3 is 0 Å². The highest BCUT2D eigenvalue weighted by molar-refractivity contribution is 6.49. The minimum Gasteiger partial charge on any atom is -0.493 e. The summed E-state index contributed by atoms with van der Waals surface area (Å²) in [5.41, 5.74) is 14.8. The van der Waals surface area contributed by atoms with Gasteiger partial charge in [0.05, 0.1) is 54.0 Å². The number of fused-ring (bicyclic) bond motifs is 2. The van der Waals surface area contributed by atoms with Crippen LogP contribution in [0.5, 0.6) is 11.5 Å². The Kier molecular flexibility index (Phi) is 19.9. The first kappa shape index (κ1) is 58.2. The third-order valence-corrected chi connectivity index (χ3v) is 14.4. The van der Waals surface area contributed by atoms with E-state index in [9.17, 15) is 9.59 Å². The number of benzene rings is 4. The van der Waals surface area contributed by atoms with Crippen LogP contribution in [0.1, 0.15) is 133 Å². The molecule has 0 unspecified atom stereocenters. The molecular formula is C63H80N10O5. The van der Waals surface area contributed by atoms with E-state index in [4.69, 9.17) is 34.2 Å². The number of aliphatic imine (C=N–C) groups is 2. The number of hydrogen-bond acceptors (Lipinski definition) is 13. The largest absolute Gasteiger partial charge is 0.493 e. The molecule has 0 N–H and O–H groups in total. The third kappa shape index (κ3) is 12.7. The SMILES string of the molecule is CCCCOc1ccc(-c2nc3n(c(=O)c2CCC)N=C(C)C3=Nc2ccc(N(CC)CC)cc2C)c(OCCCC)c1.CCN(CCOC)c1ccc(N=C2C(C)=Nn3c2nc(-c2cccc(C)c2C)c(C)c3=O)c(C)c1. The summed E-state index contributed by atoms with van der Waals surface area (Å²) in [6.45, 7) is 32.1. The van der Waals surface area contributed by atoms with Gasteiger partial charge in [0.2, 0.25) is 0 Å². The van der Waals surface area contributed by atoms with Gasteiger partial charge in [0, 0.05) is 73.0 Å². The molecule has 0 radical (unpaired) electrons. The lowest BCUT2D eigenvalue weighted by Crippen LogP contribution is -2.26. The van der Waals surface area contributed by atoms with Gasteiger partial charge in [0.1, 0.15) is 22.9 Å². The van der Waals surface area contributed by atoms with Crippen LogP contribution in [-0.4, -0.2) is 95.3 Å². The minimum atomic E-state index is -0.167. The van der Waals surface area contributed by atoms with Gasteiger partial charge in [0.25, 0.3) is 11.1 Å². The normalized spacial score (nSPS) is 13.5. The Hall–Kier alpha value is -7.52. The molecule has 2 aliphatic rings. The van der Waals surface area contributed by atoms with Crippen LogP contribution >= 0.6 is 0 Å². The highest BCUT2D eigenvalue weighted by atomic mass is 16.5. The van der Waals surface area contributed by atoms with Crippen LogP contribution in [-0.2, 0) is 11.2 Å². The first-order valence-corrected chi connectivity index (χ1v) is 27.9. The zero-order valence-electron chi connectivity index (χ0n) is 48.6. The van der Waals surface area contributed by atoms with E-state index in [0.29, 0.717) is 89.0 Å². The number of nitrogens with zero attached hydrogens (tertiary/aromatic N) is 10. The van der Waals surface area contributed by atoms with Crippen LogP contribution in [0.4, 0.5) is 22.7 Å². The summed E-state index contributed by atoms with van der Waals surface area (Å²) in [5.74, 6) is 2.36. The van der Waals surface area contributed by atoms with Crippen molar-refractivity contribution in [1.82, 2.24) is 19.3 Å². The standard InChI is InChI=1S/C35H47N5O3.C28H33N5O2/c1-8-13-20-42-27-17-18-28(31(23-27)43-21-14-9-2)33-29(15-10-3)35(41)40-34(37-33)32(25(7)38-40)36-30-19-16-26(22-24(30)6)39(11-4)12-5;1-8-32(14-15-35-7)22-12-13-24(18(3)16-22)29-26-21(6)31-33-27(26)30-25(20(5)28(33)34)23-11-9-10-17(2)19(23)4/h16-19,22-23H,8-15,20-21H2,1-7H3;9-13,16H,8,14-15H2,1-7H3. The molecule has 0 saturated carbocycles. The number of anilines is 2. The number of aromatic nitrogens is 4. The molecule has 4 heterocycles. The zero-order valence-corrected chi connectivity index (χ0v) is 48.6. The quantitative estimate of drug-likeness (QED) is 0.0605. The van der Waals surface area contributed by atoms with Crippen molar-refractivity contribution in [1.29, 1.82) is 0 Å². The molecule has 4 aromatic carbocycles. The minimum absolute atomic E-state index is 0.164. The summed E-state index contributed by atoms with van der Waals surface area (Å²) >= 11 is 0. The predicted octanol–water partition coefficient (Wildman–Crippen LogP) is 12.7. The second-order valence-corrected chi connectivity index (χ2v) is 19.9. The highest BCUT2D eigenvalue weighted by Gasteiger charge is 2.30. The van der Waals surface area contributed by atoms with Crippen LogP contribution in [0.2, 0.25) is 0 Å². The van der Waals surface area contributed by atoms with E-state index in [-0.39, 0.29) is 11.1 Å². The Labute approximate surface area is 461 Å². The summed E-state index contributed by atoms with van der Waals surface area (Å²) in [5, 5.41) is 9.11. The van der Waals surface area contributed by atoms with Gasteiger partial charge in [-0.1, -0.05) is 58.2 Å². The van der Waals surface area contributed by atoms with Crippen LogP contribution in [0.25, 0.3) is 22.5 Å². The molecular weight excluding hydrogens is 977 g/mol. The number of ether oxygens (including phenoxy) is 3. The molecule has 8 rings (SSSR count). The second kappa shape index (κ2) is 26.7. The average Bonchev–Trinajstić information content (AvgIpc) is 3.98. The third-order valence-electron chi connectivity index (χ3n) is 14.4. The van der Waals surface area contributed by atoms with Gasteiger partial charge in [-0.05, 0) is 159 Å². The second-order valence-electron chi connectivity index (χ2n) is 19.9. The Balaban J connectivity index is 0.000000231. The van der Waals surface area contributed by atoms with Crippen molar-refractivity contribution in [3.8, 4) is 34.0 Å². The molecule has 15 heteroatoms. The zero-order chi connectivity index (χ0) is 56.2. The lowest BCUT2D eigenvalue weighted by atomic mass is 9.98. The summed E-state index contributed by atoms with van der Waals surface area (Å²) in [6, 6.07) is 24.4. The van der Waals surface area contributed by atoms with Crippen LogP contribution in [0.3, 0.4) is 0 Å². The fourth-order valence-electron chi connectivity index (χ4n) is 9.57. The van der Waals surface area contributed by atoms with E-state index < -0.39 is 0 Å². The number of unbranched alkanes of at least 4 members (excludes halogenated alkanes) is 2. The maximum Gasteiger partial charge on any atom is 0.278 e. The molecule has 0 aliphatic carbocycles. The van der Waals surface area contributed by atoms with Crippen LogP contribution in [0, 0.1) is 34.6 Å². The molecule has 0 fully saturated rings. The lowest BCUT2D eigenvalue weighted by molar-refractivity contribution is 0.205. The average molecular weight is 1060 g/mol. The fraction of sp³-hybridized carbons (Fsp3) is 0.429. The molecule has 0 atom stereocenters. The highest BCUT2D eigenvalue weighted by Crippen LogP contribution is 2.36. The van der Waals surface area contributed by atoms with Crippen molar-refractivity contribution in [2.75, 3.05) is 62.9 Å². The summed E-state index contributed by atoms with van der Waals surface area (Å²) < 4.78 is 20.3. The molecule has 6 aromatic rings. The van der Waals surface area contributed by atoms with E-state index in [1.54, 1.807) is 7.11 Å². The lowest BCUT2D eigenvalue weighted by Gasteiger charge is -2.23. The van der Waals surface area contributed by atoms with Gasteiger partial charge < -0.3 is 24.0 Å². The van der Waals surface area contributed by atoms with E-state index in [1.165, 1.54) is 15.0 Å².